The largest absolute Gasteiger partial charge is 0.348 e. The molecule has 1 aromatic carbocycles. The molecule has 2 aromatic heterocycles. The summed E-state index contributed by atoms with van der Waals surface area (Å²) in [5.41, 5.74) is 2.79. The van der Waals surface area contributed by atoms with Crippen LogP contribution < -0.4 is 5.32 Å². The Labute approximate surface area is 204 Å². The lowest BCUT2D eigenvalue weighted by Gasteiger charge is -2.30. The van der Waals surface area contributed by atoms with E-state index in [1.807, 2.05) is 45.0 Å². The van der Waals surface area contributed by atoms with Crippen molar-refractivity contribution < 1.29 is 9.59 Å². The smallest absolute Gasteiger partial charge is 0.248 e. The van der Waals surface area contributed by atoms with Crippen LogP contribution in [-0.4, -0.2) is 49.3 Å². The van der Waals surface area contributed by atoms with Gasteiger partial charge >= 0.3 is 0 Å². The van der Waals surface area contributed by atoms with Gasteiger partial charge in [0.05, 0.1) is 17.3 Å². The van der Waals surface area contributed by atoms with E-state index in [4.69, 9.17) is 11.6 Å². The Hall–Kier alpha value is -3.26. The van der Waals surface area contributed by atoms with Gasteiger partial charge in [0.1, 0.15) is 12.1 Å². The van der Waals surface area contributed by atoms with Gasteiger partial charge in [0.25, 0.3) is 0 Å². The Bertz CT molecular complexity index is 1130. The molecule has 0 radical (unpaired) electrons. The first kappa shape index (κ1) is 23.9. The van der Waals surface area contributed by atoms with Crippen molar-refractivity contribution in [1.29, 1.82) is 0 Å². The second-order valence-electron chi connectivity index (χ2n) is 8.97. The van der Waals surface area contributed by atoms with E-state index < -0.39 is 12.1 Å². The highest BCUT2D eigenvalue weighted by Gasteiger charge is 2.39. The quantitative estimate of drug-likeness (QED) is 0.550. The fraction of sp³-hybridized carbons (Fsp3) is 0.400. The second kappa shape index (κ2) is 10.3. The van der Waals surface area contributed by atoms with Gasteiger partial charge in [-0.3, -0.25) is 14.6 Å². The summed E-state index contributed by atoms with van der Waals surface area (Å²) in [5, 5.41) is 11.6. The number of nitrogens with one attached hydrogen (secondary N) is 1. The Morgan fingerprint density at radius 1 is 1.12 bits per heavy atom. The number of nitrogens with zero attached hydrogens (tertiary/aromatic N) is 5. The van der Waals surface area contributed by atoms with Crippen molar-refractivity contribution in [3.8, 4) is 11.1 Å². The number of amides is 2. The molecule has 34 heavy (non-hydrogen) atoms. The van der Waals surface area contributed by atoms with Gasteiger partial charge in [-0.05, 0) is 42.9 Å². The predicted octanol–water partition coefficient (Wildman–Crippen LogP) is 4.06. The third kappa shape index (κ3) is 4.97. The Morgan fingerprint density at radius 2 is 1.88 bits per heavy atom. The number of halogens is 1. The summed E-state index contributed by atoms with van der Waals surface area (Å²) in [6.07, 6.45) is 8.08. The van der Waals surface area contributed by atoms with E-state index in [9.17, 15) is 9.59 Å². The highest BCUT2D eigenvalue weighted by atomic mass is 35.5. The number of hydrogen-bond acceptors (Lipinski definition) is 5. The highest BCUT2D eigenvalue weighted by molar-refractivity contribution is 6.33. The molecule has 8 nitrogen and oxygen atoms in total. The summed E-state index contributed by atoms with van der Waals surface area (Å²) in [4.78, 5) is 32.4. The van der Waals surface area contributed by atoms with Gasteiger partial charge in [-0.25, -0.2) is 4.68 Å². The van der Waals surface area contributed by atoms with Gasteiger partial charge in [0, 0.05) is 30.7 Å². The fourth-order valence-electron chi connectivity index (χ4n) is 4.48. The molecule has 1 saturated heterocycles. The first-order valence-electron chi connectivity index (χ1n) is 11.5. The topological polar surface area (TPSA) is 93.0 Å². The minimum atomic E-state index is -0.492. The Morgan fingerprint density at radius 3 is 2.53 bits per heavy atom. The minimum absolute atomic E-state index is 0.0178. The molecule has 1 fully saturated rings. The zero-order chi connectivity index (χ0) is 24.2. The summed E-state index contributed by atoms with van der Waals surface area (Å²) < 4.78 is 1.58. The van der Waals surface area contributed by atoms with Crippen molar-refractivity contribution in [2.24, 2.45) is 5.92 Å². The number of aromatic nitrogens is 4. The van der Waals surface area contributed by atoms with Crippen molar-refractivity contribution in [3.63, 3.8) is 0 Å². The van der Waals surface area contributed by atoms with Crippen LogP contribution in [0.3, 0.4) is 0 Å². The van der Waals surface area contributed by atoms with Crippen LogP contribution in [-0.2, 0) is 9.59 Å². The third-order valence-corrected chi connectivity index (χ3v) is 6.63. The van der Waals surface area contributed by atoms with E-state index in [1.54, 1.807) is 40.4 Å². The van der Waals surface area contributed by atoms with Gasteiger partial charge in [0.15, 0.2) is 0 Å². The molecular formula is C25H29ClN6O2. The van der Waals surface area contributed by atoms with E-state index in [0.29, 0.717) is 18.0 Å². The molecule has 0 bridgehead atoms. The first-order valence-corrected chi connectivity index (χ1v) is 11.9. The first-order chi connectivity index (χ1) is 16.4. The average molecular weight is 481 g/mol. The molecule has 1 N–H and O–H groups in total. The molecule has 1 aliphatic rings. The molecule has 4 rings (SSSR count). The van der Waals surface area contributed by atoms with Gasteiger partial charge < -0.3 is 10.2 Å². The van der Waals surface area contributed by atoms with E-state index >= 15 is 0 Å². The monoisotopic (exact) mass is 480 g/mol. The van der Waals surface area contributed by atoms with Crippen LogP contribution >= 0.6 is 11.6 Å². The number of hydrogen-bond donors (Lipinski definition) is 1. The number of likely N-dealkylation sites (tertiary alicyclic amines) is 1. The van der Waals surface area contributed by atoms with E-state index in [-0.39, 0.29) is 23.8 Å². The molecule has 0 saturated carbocycles. The zero-order valence-corrected chi connectivity index (χ0v) is 20.3. The predicted molar refractivity (Wildman–Crippen MR) is 130 cm³/mol. The second-order valence-corrected chi connectivity index (χ2v) is 9.38. The van der Waals surface area contributed by atoms with Crippen LogP contribution in [0.4, 0.5) is 0 Å². The standard InChI is InChI=1S/C25H29ClN6O2/c1-16(2)23(32-14-12-28-30-32)25(34)31-13-4-5-22(31)24(33)29-17(3)18-6-8-19(9-7-18)20-15-27-11-10-21(20)26/h6-12,14-17,22-23H,4-5,13H2,1-3H3,(H,29,33). The van der Waals surface area contributed by atoms with Crippen molar-refractivity contribution in [2.75, 3.05) is 6.54 Å². The molecule has 0 spiro atoms. The maximum atomic E-state index is 13.4. The number of carbonyl (C=O) groups excluding carboxylic acids is 2. The molecule has 3 unspecified atom stereocenters. The molecule has 3 aromatic rings. The average Bonchev–Trinajstić information content (AvgIpc) is 3.52. The van der Waals surface area contributed by atoms with Gasteiger partial charge in [-0.15, -0.1) is 5.10 Å². The lowest BCUT2D eigenvalue weighted by Crippen LogP contribution is -2.49. The van der Waals surface area contributed by atoms with Crippen LogP contribution in [0.2, 0.25) is 5.02 Å². The SMILES string of the molecule is CC(NC(=O)C1CCCN1C(=O)C(C(C)C)n1ccnn1)c1ccc(-c2cnccc2Cl)cc1. The van der Waals surface area contributed by atoms with E-state index in [1.165, 1.54) is 0 Å². The summed E-state index contributed by atoms with van der Waals surface area (Å²) in [5.74, 6) is -0.216. The number of pyridine rings is 1. The Kier molecular flexibility index (Phi) is 7.26. The molecule has 0 aliphatic carbocycles. The number of carbonyl (C=O) groups is 2. The molecular weight excluding hydrogens is 452 g/mol. The highest BCUT2D eigenvalue weighted by Crippen LogP contribution is 2.29. The molecule has 1 aliphatic heterocycles. The van der Waals surface area contributed by atoms with Crippen LogP contribution in [0.25, 0.3) is 11.1 Å². The molecule has 3 atom stereocenters. The molecule has 3 heterocycles. The van der Waals surface area contributed by atoms with Gasteiger partial charge in [-0.2, -0.15) is 0 Å². The maximum absolute atomic E-state index is 13.4. The van der Waals surface area contributed by atoms with Crippen molar-refractivity contribution in [2.45, 2.75) is 51.7 Å². The third-order valence-electron chi connectivity index (χ3n) is 6.30. The van der Waals surface area contributed by atoms with Crippen LogP contribution in [0, 0.1) is 5.92 Å². The van der Waals surface area contributed by atoms with Gasteiger partial charge in [0.2, 0.25) is 11.8 Å². The van der Waals surface area contributed by atoms with Crippen molar-refractivity contribution >= 4 is 23.4 Å². The lowest BCUT2D eigenvalue weighted by atomic mass is 10.0. The summed E-state index contributed by atoms with van der Waals surface area (Å²) >= 11 is 6.28. The van der Waals surface area contributed by atoms with E-state index in [0.717, 1.165) is 23.1 Å². The van der Waals surface area contributed by atoms with Gasteiger partial charge in [-0.1, -0.05) is 54.9 Å². The Balaban J connectivity index is 1.44. The normalized spacial score (nSPS) is 17.6. The summed E-state index contributed by atoms with van der Waals surface area (Å²) in [7, 11) is 0. The minimum Gasteiger partial charge on any atom is -0.348 e. The van der Waals surface area contributed by atoms with E-state index in [2.05, 4.69) is 20.6 Å². The fourth-order valence-corrected chi connectivity index (χ4v) is 4.69. The summed E-state index contributed by atoms with van der Waals surface area (Å²) in [6, 6.07) is 8.46. The molecule has 9 heteroatoms. The number of rotatable bonds is 7. The van der Waals surface area contributed by atoms with Crippen LogP contribution in [0.1, 0.15) is 51.3 Å². The maximum Gasteiger partial charge on any atom is 0.248 e. The van der Waals surface area contributed by atoms with Crippen molar-refractivity contribution in [3.05, 3.63) is 65.7 Å². The summed E-state index contributed by atoms with van der Waals surface area (Å²) in [6.45, 7) is 6.45. The molecule has 178 valence electrons. The van der Waals surface area contributed by atoms with Crippen molar-refractivity contribution in [1.82, 2.24) is 30.2 Å². The zero-order valence-electron chi connectivity index (χ0n) is 19.6. The number of benzene rings is 1. The lowest BCUT2D eigenvalue weighted by molar-refractivity contribution is -0.142. The van der Waals surface area contributed by atoms with Crippen LogP contribution in [0.5, 0.6) is 0 Å². The van der Waals surface area contributed by atoms with Crippen LogP contribution in [0.15, 0.2) is 55.1 Å². The molecule has 2 amide bonds.